The standard InChI is InChI=1S/C34H25FN4O3S/c1-19-6-4-8-25(35)30(19)38-33(41)29-17-21-14-15-39(28-11-3-2-7-24(28)31(21)43-29)34(42)27-10-5-9-26(37-27)20-12-13-23-22(16-20)18-36-32(23)40/h2-13,16-17H,14-15,18H2,1H3,(H,36,40)(H,38,41). The number of aryl methyl sites for hydroxylation is 1. The van der Waals surface area contributed by atoms with Gasteiger partial charge in [0, 0.05) is 34.7 Å². The molecule has 2 aliphatic rings. The number of thiophene rings is 1. The average molecular weight is 589 g/mol. The maximum atomic E-state index is 14.4. The number of anilines is 2. The van der Waals surface area contributed by atoms with Crippen molar-refractivity contribution >= 4 is 40.4 Å². The fraction of sp³-hybridized carbons (Fsp3) is 0.118. The lowest BCUT2D eigenvalue weighted by Crippen LogP contribution is -2.33. The number of benzene rings is 3. The molecule has 7 rings (SSSR count). The number of pyridine rings is 1. The van der Waals surface area contributed by atoms with E-state index in [1.807, 2.05) is 54.6 Å². The number of nitrogens with zero attached hydrogens (tertiary/aromatic N) is 2. The Hall–Kier alpha value is -5.15. The van der Waals surface area contributed by atoms with Gasteiger partial charge in [-0.2, -0.15) is 0 Å². The number of halogens is 1. The summed E-state index contributed by atoms with van der Waals surface area (Å²) in [5, 5.41) is 5.56. The van der Waals surface area contributed by atoms with Gasteiger partial charge in [-0.1, -0.05) is 42.5 Å². The van der Waals surface area contributed by atoms with E-state index in [0.29, 0.717) is 46.9 Å². The molecule has 43 heavy (non-hydrogen) atoms. The third-order valence-electron chi connectivity index (χ3n) is 7.84. The number of carbonyl (C=O) groups is 3. The Balaban J connectivity index is 1.18. The van der Waals surface area contributed by atoms with Gasteiger partial charge in [-0.25, -0.2) is 9.37 Å². The van der Waals surface area contributed by atoms with Crippen LogP contribution in [0.15, 0.2) is 84.9 Å². The molecule has 2 aliphatic heterocycles. The molecular weight excluding hydrogens is 563 g/mol. The van der Waals surface area contributed by atoms with Crippen molar-refractivity contribution in [1.29, 1.82) is 0 Å². The molecule has 0 saturated heterocycles. The summed E-state index contributed by atoms with van der Waals surface area (Å²) >= 11 is 1.33. The molecule has 5 aromatic rings. The normalized spacial score (nSPS) is 13.4. The van der Waals surface area contributed by atoms with E-state index in [1.165, 1.54) is 17.4 Å². The summed E-state index contributed by atoms with van der Waals surface area (Å²) < 4.78 is 14.4. The van der Waals surface area contributed by atoms with Crippen LogP contribution < -0.4 is 15.5 Å². The number of hydrogen-bond acceptors (Lipinski definition) is 5. The quantitative estimate of drug-likeness (QED) is 0.247. The summed E-state index contributed by atoms with van der Waals surface area (Å²) in [6.45, 7) is 2.62. The molecule has 0 aliphatic carbocycles. The molecule has 0 unspecified atom stereocenters. The second kappa shape index (κ2) is 10.6. The molecule has 3 amide bonds. The Bertz CT molecular complexity index is 1950. The first-order valence-corrected chi connectivity index (χ1v) is 14.7. The van der Waals surface area contributed by atoms with Crippen molar-refractivity contribution in [3.63, 3.8) is 0 Å². The molecule has 0 spiro atoms. The predicted octanol–water partition coefficient (Wildman–Crippen LogP) is 6.62. The van der Waals surface area contributed by atoms with E-state index in [0.717, 1.165) is 32.8 Å². The summed E-state index contributed by atoms with van der Waals surface area (Å²) in [5.74, 6) is -1.16. The van der Waals surface area contributed by atoms with Crippen molar-refractivity contribution in [1.82, 2.24) is 10.3 Å². The first-order valence-electron chi connectivity index (χ1n) is 13.9. The van der Waals surface area contributed by atoms with Crippen LogP contribution in [0.4, 0.5) is 15.8 Å². The van der Waals surface area contributed by atoms with Crippen LogP contribution in [0.2, 0.25) is 0 Å². The van der Waals surface area contributed by atoms with E-state index < -0.39 is 5.82 Å². The Morgan fingerprint density at radius 2 is 1.79 bits per heavy atom. The van der Waals surface area contributed by atoms with Gasteiger partial charge in [0.15, 0.2) is 0 Å². The fourth-order valence-electron chi connectivity index (χ4n) is 5.63. The SMILES string of the molecule is Cc1cccc(F)c1NC(=O)c1cc2c(s1)-c1ccccc1N(C(=O)c1cccc(-c3ccc4c(c3)CNC4=O)n1)CC2. The van der Waals surface area contributed by atoms with Crippen molar-refractivity contribution in [3.8, 4) is 21.7 Å². The Morgan fingerprint density at radius 1 is 0.953 bits per heavy atom. The molecule has 3 aromatic carbocycles. The largest absolute Gasteiger partial charge is 0.348 e. The van der Waals surface area contributed by atoms with Crippen LogP contribution in [0.25, 0.3) is 21.7 Å². The van der Waals surface area contributed by atoms with E-state index in [1.54, 1.807) is 36.1 Å². The molecule has 0 fully saturated rings. The zero-order valence-corrected chi connectivity index (χ0v) is 23.9. The van der Waals surface area contributed by atoms with Crippen LogP contribution in [0.1, 0.15) is 47.2 Å². The number of hydrogen-bond donors (Lipinski definition) is 2. The summed E-state index contributed by atoms with van der Waals surface area (Å²) in [5.41, 5.74) is 6.72. The van der Waals surface area contributed by atoms with Gasteiger partial charge < -0.3 is 15.5 Å². The van der Waals surface area contributed by atoms with Crippen LogP contribution >= 0.6 is 11.3 Å². The molecule has 0 atom stereocenters. The number of para-hydroxylation sites is 2. The van der Waals surface area contributed by atoms with Crippen molar-refractivity contribution < 1.29 is 18.8 Å². The van der Waals surface area contributed by atoms with Crippen LogP contribution in [-0.2, 0) is 13.0 Å². The smallest absolute Gasteiger partial charge is 0.276 e. The number of rotatable bonds is 4. The first kappa shape index (κ1) is 26.7. The Morgan fingerprint density at radius 3 is 2.65 bits per heavy atom. The molecule has 9 heteroatoms. The monoisotopic (exact) mass is 588 g/mol. The zero-order valence-electron chi connectivity index (χ0n) is 23.1. The maximum absolute atomic E-state index is 14.4. The van der Waals surface area contributed by atoms with Crippen LogP contribution in [0.5, 0.6) is 0 Å². The van der Waals surface area contributed by atoms with Crippen molar-refractivity contribution in [2.45, 2.75) is 19.9 Å². The molecule has 212 valence electrons. The Kier molecular flexibility index (Phi) is 6.59. The number of amides is 3. The molecule has 4 heterocycles. The van der Waals surface area contributed by atoms with E-state index in [9.17, 15) is 18.8 Å². The highest BCUT2D eigenvalue weighted by molar-refractivity contribution is 7.17. The average Bonchev–Trinajstić information content (AvgIpc) is 3.58. The Labute approximate surface area is 251 Å². The maximum Gasteiger partial charge on any atom is 0.276 e. The molecule has 0 bridgehead atoms. The predicted molar refractivity (Wildman–Crippen MR) is 165 cm³/mol. The van der Waals surface area contributed by atoms with Crippen LogP contribution in [0.3, 0.4) is 0 Å². The van der Waals surface area contributed by atoms with Gasteiger partial charge in [0.25, 0.3) is 17.7 Å². The summed E-state index contributed by atoms with van der Waals surface area (Å²) in [6.07, 6.45) is 0.532. The highest BCUT2D eigenvalue weighted by Gasteiger charge is 2.28. The van der Waals surface area contributed by atoms with Crippen molar-refractivity contribution in [2.24, 2.45) is 0 Å². The van der Waals surface area contributed by atoms with Crippen molar-refractivity contribution in [3.05, 3.63) is 124 Å². The minimum Gasteiger partial charge on any atom is -0.348 e. The first-order chi connectivity index (χ1) is 20.9. The highest BCUT2D eigenvalue weighted by Crippen LogP contribution is 2.42. The minimum atomic E-state index is -0.480. The number of nitrogens with one attached hydrogen (secondary N) is 2. The van der Waals surface area contributed by atoms with Crippen LogP contribution in [-0.4, -0.2) is 29.3 Å². The van der Waals surface area contributed by atoms with Gasteiger partial charge in [0.2, 0.25) is 0 Å². The highest BCUT2D eigenvalue weighted by atomic mass is 32.1. The van der Waals surface area contributed by atoms with Gasteiger partial charge >= 0.3 is 0 Å². The van der Waals surface area contributed by atoms with Gasteiger partial charge in [0.05, 0.1) is 21.9 Å². The molecule has 2 aromatic heterocycles. The van der Waals surface area contributed by atoms with Gasteiger partial charge in [-0.15, -0.1) is 11.3 Å². The van der Waals surface area contributed by atoms with Gasteiger partial charge in [-0.3, -0.25) is 14.4 Å². The molecule has 0 saturated carbocycles. The van der Waals surface area contributed by atoms with Crippen molar-refractivity contribution in [2.75, 3.05) is 16.8 Å². The van der Waals surface area contributed by atoms with E-state index in [2.05, 4.69) is 10.6 Å². The lowest BCUT2D eigenvalue weighted by molar-refractivity contribution is 0.0962. The lowest BCUT2D eigenvalue weighted by atomic mass is 10.0. The molecule has 2 N–H and O–H groups in total. The fourth-order valence-corrected chi connectivity index (χ4v) is 6.77. The summed E-state index contributed by atoms with van der Waals surface area (Å²) in [7, 11) is 0. The molecular formula is C34H25FN4O3S. The number of aromatic nitrogens is 1. The van der Waals surface area contributed by atoms with E-state index in [-0.39, 0.29) is 23.4 Å². The summed E-state index contributed by atoms with van der Waals surface area (Å²) in [6, 6.07) is 25.1. The van der Waals surface area contributed by atoms with Crippen LogP contribution in [0, 0.1) is 12.7 Å². The van der Waals surface area contributed by atoms with E-state index >= 15 is 0 Å². The van der Waals surface area contributed by atoms with Gasteiger partial charge in [-0.05, 0) is 72.5 Å². The third-order valence-corrected chi connectivity index (χ3v) is 9.05. The second-order valence-corrected chi connectivity index (χ2v) is 11.6. The second-order valence-electron chi connectivity index (χ2n) is 10.5. The summed E-state index contributed by atoms with van der Waals surface area (Å²) in [4.78, 5) is 46.9. The van der Waals surface area contributed by atoms with Gasteiger partial charge in [0.1, 0.15) is 11.5 Å². The lowest BCUT2D eigenvalue weighted by Gasteiger charge is -2.23. The minimum absolute atomic E-state index is 0.0836. The topological polar surface area (TPSA) is 91.4 Å². The number of fused-ring (bicyclic) bond motifs is 4. The third kappa shape index (κ3) is 4.77. The molecule has 0 radical (unpaired) electrons. The number of carbonyl (C=O) groups excluding carboxylic acids is 3. The molecule has 7 nitrogen and oxygen atoms in total. The zero-order chi connectivity index (χ0) is 29.7. The van der Waals surface area contributed by atoms with E-state index in [4.69, 9.17) is 4.98 Å².